The second-order valence-corrected chi connectivity index (χ2v) is 10.7. The molecular formula is C20H24N2O3S2. The molecule has 27 heavy (non-hydrogen) atoms. The fraction of sp³-hybridized carbons (Fsp3) is 0.500. The zero-order chi connectivity index (χ0) is 19.1. The lowest BCUT2D eigenvalue weighted by Crippen LogP contribution is -2.32. The Morgan fingerprint density at radius 3 is 2.48 bits per heavy atom. The molecule has 0 radical (unpaired) electrons. The predicted octanol–water partition coefficient (Wildman–Crippen LogP) is 4.02. The van der Waals surface area contributed by atoms with E-state index >= 15 is 0 Å². The van der Waals surface area contributed by atoms with Crippen LogP contribution in [0, 0.1) is 11.8 Å². The van der Waals surface area contributed by atoms with Gasteiger partial charge in [-0.05, 0) is 36.0 Å². The van der Waals surface area contributed by atoms with Crippen LogP contribution < -0.4 is 5.32 Å². The van der Waals surface area contributed by atoms with Crippen LogP contribution in [-0.4, -0.2) is 25.6 Å². The molecular weight excluding hydrogens is 380 g/mol. The van der Waals surface area contributed by atoms with Gasteiger partial charge in [-0.2, -0.15) is 0 Å². The van der Waals surface area contributed by atoms with Gasteiger partial charge in [-0.1, -0.05) is 44.2 Å². The first kappa shape index (κ1) is 18.6. The summed E-state index contributed by atoms with van der Waals surface area (Å²) in [6.45, 7) is 0. The number of thiazole rings is 1. The second-order valence-electron chi connectivity index (χ2n) is 7.77. The largest absolute Gasteiger partial charge is 0.301 e. The zero-order valence-electron chi connectivity index (χ0n) is 15.3. The lowest BCUT2D eigenvalue weighted by Gasteiger charge is -2.25. The highest BCUT2D eigenvalue weighted by Crippen LogP contribution is 2.61. The molecule has 4 rings (SSSR count). The van der Waals surface area contributed by atoms with Crippen LogP contribution in [0.15, 0.2) is 40.7 Å². The summed E-state index contributed by atoms with van der Waals surface area (Å²) in [6, 6.07) is 6.89. The van der Waals surface area contributed by atoms with Gasteiger partial charge in [-0.25, -0.2) is 13.4 Å². The maximum Gasteiger partial charge on any atom is 0.237 e. The summed E-state index contributed by atoms with van der Waals surface area (Å²) in [5.41, 5.74) is 0.350. The van der Waals surface area contributed by atoms with E-state index in [-0.39, 0.29) is 10.8 Å². The molecule has 0 spiro atoms. The quantitative estimate of drug-likeness (QED) is 0.816. The number of sulfone groups is 1. The number of amides is 1. The Hall–Kier alpha value is -1.73. The van der Waals surface area contributed by atoms with Crippen molar-refractivity contribution in [1.82, 2.24) is 4.98 Å². The number of hydrogen-bond donors (Lipinski definition) is 1. The third-order valence-electron chi connectivity index (χ3n) is 6.09. The van der Waals surface area contributed by atoms with Crippen molar-refractivity contribution in [2.45, 2.75) is 48.8 Å². The Balaban J connectivity index is 1.65. The van der Waals surface area contributed by atoms with E-state index in [1.165, 1.54) is 49.7 Å². The van der Waals surface area contributed by atoms with Crippen molar-refractivity contribution < 1.29 is 13.2 Å². The van der Waals surface area contributed by atoms with Crippen molar-refractivity contribution in [3.63, 3.8) is 0 Å². The van der Waals surface area contributed by atoms with Gasteiger partial charge in [0.15, 0.2) is 15.0 Å². The molecule has 1 unspecified atom stereocenters. The number of rotatable bonds is 5. The molecule has 5 nitrogen and oxygen atoms in total. The van der Waals surface area contributed by atoms with E-state index < -0.39 is 15.3 Å². The van der Waals surface area contributed by atoms with Crippen LogP contribution in [0.25, 0.3) is 0 Å². The number of anilines is 1. The highest BCUT2D eigenvalue weighted by atomic mass is 32.2. The number of carbonyl (C=O) groups excluding carboxylic acids is 1. The maximum atomic E-state index is 13.3. The molecule has 2 atom stereocenters. The fourth-order valence-corrected chi connectivity index (χ4v) is 5.77. The van der Waals surface area contributed by atoms with Crippen LogP contribution in [-0.2, 0) is 20.0 Å². The van der Waals surface area contributed by atoms with Crippen LogP contribution in [0.1, 0.15) is 44.1 Å². The van der Waals surface area contributed by atoms with Crippen LogP contribution in [0.2, 0.25) is 0 Å². The van der Waals surface area contributed by atoms with Crippen LogP contribution in [0.5, 0.6) is 0 Å². The predicted molar refractivity (Wildman–Crippen MR) is 107 cm³/mol. The maximum absolute atomic E-state index is 13.3. The Bertz CT molecular complexity index is 917. The van der Waals surface area contributed by atoms with E-state index in [1.54, 1.807) is 18.3 Å². The van der Waals surface area contributed by atoms with Crippen molar-refractivity contribution >= 4 is 32.2 Å². The average Bonchev–Trinajstić information content (AvgIpc) is 3.23. The van der Waals surface area contributed by atoms with Gasteiger partial charge in [0.2, 0.25) is 5.91 Å². The number of carbonyl (C=O) groups is 1. The summed E-state index contributed by atoms with van der Waals surface area (Å²) < 4.78 is 23.6. The van der Waals surface area contributed by atoms with Crippen LogP contribution in [0.4, 0.5) is 5.13 Å². The SMILES string of the molecule is CS(=O)(=O)c1ccc([C@@]2(C(=O)Nc3nccs3)CC2C2CCCCC2)cc1. The Morgan fingerprint density at radius 1 is 1.19 bits per heavy atom. The van der Waals surface area contributed by atoms with Crippen molar-refractivity contribution in [2.75, 3.05) is 11.6 Å². The molecule has 1 aromatic heterocycles. The minimum absolute atomic E-state index is 0.0138. The Labute approximate surface area is 164 Å². The molecule has 2 aliphatic rings. The number of benzene rings is 1. The van der Waals surface area contributed by atoms with Crippen molar-refractivity contribution in [2.24, 2.45) is 11.8 Å². The Morgan fingerprint density at radius 2 is 1.89 bits per heavy atom. The number of hydrogen-bond acceptors (Lipinski definition) is 5. The summed E-state index contributed by atoms with van der Waals surface area (Å²) in [4.78, 5) is 17.7. The van der Waals surface area contributed by atoms with Gasteiger partial charge in [0.25, 0.3) is 0 Å². The molecule has 2 saturated carbocycles. The lowest BCUT2D eigenvalue weighted by atomic mass is 9.80. The van der Waals surface area contributed by atoms with E-state index in [1.807, 2.05) is 17.5 Å². The van der Waals surface area contributed by atoms with Gasteiger partial charge in [0.1, 0.15) is 0 Å². The van der Waals surface area contributed by atoms with Gasteiger partial charge in [0, 0.05) is 17.8 Å². The number of nitrogens with one attached hydrogen (secondary N) is 1. The van der Waals surface area contributed by atoms with E-state index in [4.69, 9.17) is 0 Å². The van der Waals surface area contributed by atoms with Crippen LogP contribution >= 0.6 is 11.3 Å². The monoisotopic (exact) mass is 404 g/mol. The average molecular weight is 405 g/mol. The molecule has 7 heteroatoms. The highest BCUT2D eigenvalue weighted by molar-refractivity contribution is 7.90. The van der Waals surface area contributed by atoms with Gasteiger partial charge in [0.05, 0.1) is 10.3 Å². The van der Waals surface area contributed by atoms with E-state index in [2.05, 4.69) is 10.3 Å². The lowest BCUT2D eigenvalue weighted by molar-refractivity contribution is -0.119. The van der Waals surface area contributed by atoms with E-state index in [0.717, 1.165) is 12.0 Å². The molecule has 0 saturated heterocycles. The Kier molecular flexibility index (Phi) is 4.84. The molecule has 2 fully saturated rings. The molecule has 2 aliphatic carbocycles. The highest BCUT2D eigenvalue weighted by Gasteiger charge is 2.63. The summed E-state index contributed by atoms with van der Waals surface area (Å²) >= 11 is 1.41. The van der Waals surface area contributed by atoms with Gasteiger partial charge in [-0.15, -0.1) is 11.3 Å². The zero-order valence-corrected chi connectivity index (χ0v) is 17.0. The third kappa shape index (κ3) is 3.55. The first-order valence-electron chi connectivity index (χ1n) is 9.43. The van der Waals surface area contributed by atoms with Crippen molar-refractivity contribution in [3.05, 3.63) is 41.4 Å². The normalized spacial score (nSPS) is 25.9. The molecule has 2 aromatic rings. The minimum Gasteiger partial charge on any atom is -0.301 e. The fourth-order valence-electron chi connectivity index (χ4n) is 4.61. The van der Waals surface area contributed by atoms with Crippen molar-refractivity contribution in [3.8, 4) is 0 Å². The number of nitrogens with zero attached hydrogens (tertiary/aromatic N) is 1. The van der Waals surface area contributed by atoms with Crippen LogP contribution in [0.3, 0.4) is 0 Å². The van der Waals surface area contributed by atoms with Gasteiger partial charge >= 0.3 is 0 Å². The summed E-state index contributed by atoms with van der Waals surface area (Å²) in [5, 5.41) is 5.44. The first-order valence-corrected chi connectivity index (χ1v) is 12.2. The molecule has 1 amide bonds. The molecule has 1 heterocycles. The van der Waals surface area contributed by atoms with Gasteiger partial charge in [-0.3, -0.25) is 4.79 Å². The van der Waals surface area contributed by atoms with Gasteiger partial charge < -0.3 is 5.32 Å². The molecule has 1 aromatic carbocycles. The smallest absolute Gasteiger partial charge is 0.237 e. The standard InChI is InChI=1S/C20H24N2O3S2/c1-27(24,25)16-9-7-15(8-10-16)20(18(23)22-19-21-11-12-26-19)13-17(20)14-5-3-2-4-6-14/h7-12,14,17H,2-6,13H2,1H3,(H,21,22,23)/t17?,20-/m0/s1. The molecule has 0 aliphatic heterocycles. The number of aromatic nitrogens is 1. The van der Waals surface area contributed by atoms with E-state index in [0.29, 0.717) is 17.0 Å². The third-order valence-corrected chi connectivity index (χ3v) is 7.91. The summed E-state index contributed by atoms with van der Waals surface area (Å²) in [5.74, 6) is 0.873. The minimum atomic E-state index is -3.25. The molecule has 144 valence electrons. The van der Waals surface area contributed by atoms with E-state index in [9.17, 15) is 13.2 Å². The molecule has 0 bridgehead atoms. The summed E-state index contributed by atoms with van der Waals surface area (Å²) in [6.07, 6.45) is 9.82. The second kappa shape index (κ2) is 7.02. The topological polar surface area (TPSA) is 76.1 Å². The first-order chi connectivity index (χ1) is 12.9. The molecule has 1 N–H and O–H groups in total. The van der Waals surface area contributed by atoms with Crippen molar-refractivity contribution in [1.29, 1.82) is 0 Å². The summed E-state index contributed by atoms with van der Waals surface area (Å²) in [7, 11) is -3.25.